The van der Waals surface area contributed by atoms with E-state index in [0.717, 1.165) is 12.6 Å². The third-order valence-corrected chi connectivity index (χ3v) is 8.86. The van der Waals surface area contributed by atoms with Gasteiger partial charge in [-0.2, -0.15) is 0 Å². The van der Waals surface area contributed by atoms with Gasteiger partial charge in [0.15, 0.2) is 0 Å². The van der Waals surface area contributed by atoms with Crippen molar-refractivity contribution in [3.05, 3.63) is 46.7 Å². The van der Waals surface area contributed by atoms with Crippen LogP contribution >= 0.6 is 0 Å². The average molecular weight is 477 g/mol. The van der Waals surface area contributed by atoms with Crippen LogP contribution in [0.1, 0.15) is 89.4 Å². The molecule has 0 radical (unpaired) electrons. The maximum Gasteiger partial charge on any atom is 0.217 e. The summed E-state index contributed by atoms with van der Waals surface area (Å²) in [7, 11) is 0. The zero-order chi connectivity index (χ0) is 24.4. The molecule has 3 aliphatic rings. The van der Waals surface area contributed by atoms with Crippen LogP contribution in [0.25, 0.3) is 10.9 Å². The molecular weight excluding hydrogens is 432 g/mol. The summed E-state index contributed by atoms with van der Waals surface area (Å²) in [6.45, 7) is 12.6. The molecule has 1 N–H and O–H groups in total. The molecule has 1 aliphatic carbocycles. The molecule has 190 valence electrons. The van der Waals surface area contributed by atoms with Gasteiger partial charge in [0.2, 0.25) is 5.91 Å². The van der Waals surface area contributed by atoms with Crippen LogP contribution < -0.4 is 5.32 Å². The minimum absolute atomic E-state index is 0.0526. The Morgan fingerprint density at radius 3 is 2.26 bits per heavy atom. The second kappa shape index (κ2) is 10.9. The smallest absolute Gasteiger partial charge is 0.217 e. The lowest BCUT2D eigenvalue weighted by molar-refractivity contribution is -0.119. The van der Waals surface area contributed by atoms with E-state index in [4.69, 9.17) is 0 Å². The van der Waals surface area contributed by atoms with Gasteiger partial charge >= 0.3 is 0 Å². The Labute approximate surface area is 211 Å². The van der Waals surface area contributed by atoms with Crippen molar-refractivity contribution in [2.45, 2.75) is 97.3 Å². The second-order valence-corrected chi connectivity index (χ2v) is 11.3. The topological polar surface area (TPSA) is 40.5 Å². The first kappa shape index (κ1) is 24.6. The van der Waals surface area contributed by atoms with Gasteiger partial charge in [0, 0.05) is 55.2 Å². The highest BCUT2D eigenvalue weighted by Crippen LogP contribution is 2.37. The summed E-state index contributed by atoms with van der Waals surface area (Å²) >= 11 is 0. The minimum atomic E-state index is 0.0526. The average Bonchev–Trinajstić information content (AvgIpc) is 3.49. The minimum Gasteiger partial charge on any atom is -0.351 e. The van der Waals surface area contributed by atoms with Gasteiger partial charge in [-0.15, -0.1) is 0 Å². The summed E-state index contributed by atoms with van der Waals surface area (Å²) in [6.07, 6.45) is 10.2. The van der Waals surface area contributed by atoms with Crippen LogP contribution in [0.5, 0.6) is 0 Å². The van der Waals surface area contributed by atoms with E-state index in [2.05, 4.69) is 57.8 Å². The van der Waals surface area contributed by atoms with Crippen molar-refractivity contribution >= 4 is 16.8 Å². The lowest BCUT2D eigenvalue weighted by Crippen LogP contribution is -2.43. The fourth-order valence-corrected chi connectivity index (χ4v) is 6.87. The number of carbonyl (C=O) groups excluding carboxylic acids is 1. The summed E-state index contributed by atoms with van der Waals surface area (Å²) < 4.78 is 2.62. The molecule has 1 aromatic carbocycles. The number of nitrogens with one attached hydrogen (secondary N) is 1. The number of allylic oxidation sites excluding steroid dienone is 2. The molecule has 2 aromatic rings. The molecule has 0 atom stereocenters. The molecule has 0 spiro atoms. The number of hydrogen-bond donors (Lipinski definition) is 1. The highest BCUT2D eigenvalue weighted by Gasteiger charge is 2.31. The van der Waals surface area contributed by atoms with Crippen LogP contribution in [-0.4, -0.2) is 52.5 Å². The van der Waals surface area contributed by atoms with E-state index in [1.807, 2.05) is 0 Å². The standard InChI is InChI=1S/C30H44N4O/c1-22(2)24-10-12-25(13-11-24)33-18-14-26(15-19-33)34-29-9-5-4-8-27(29)28(21-32-16-6-7-17-32)30(34)20-31-23(3)35/h4-5,8-9,25-26H,6-7,10-21H2,1-3H3,(H,31,35). The monoisotopic (exact) mass is 476 g/mol. The van der Waals surface area contributed by atoms with Crippen LogP contribution in [0, 0.1) is 0 Å². The number of carbonyl (C=O) groups is 1. The van der Waals surface area contributed by atoms with Crippen molar-refractivity contribution in [3.63, 3.8) is 0 Å². The van der Waals surface area contributed by atoms with Gasteiger partial charge in [-0.05, 0) is 89.9 Å². The van der Waals surface area contributed by atoms with Crippen LogP contribution in [0.15, 0.2) is 35.4 Å². The fraction of sp³-hybridized carbons (Fsp3) is 0.633. The quantitative estimate of drug-likeness (QED) is 0.537. The highest BCUT2D eigenvalue weighted by atomic mass is 16.1. The van der Waals surface area contributed by atoms with Crippen molar-refractivity contribution in [1.29, 1.82) is 0 Å². The molecule has 2 aliphatic heterocycles. The molecule has 2 saturated heterocycles. The Kier molecular flexibility index (Phi) is 7.64. The van der Waals surface area contributed by atoms with Crippen molar-refractivity contribution in [2.24, 2.45) is 0 Å². The van der Waals surface area contributed by atoms with Crippen molar-refractivity contribution in [1.82, 2.24) is 19.7 Å². The number of aromatic nitrogens is 1. The first-order chi connectivity index (χ1) is 17.0. The van der Waals surface area contributed by atoms with Crippen molar-refractivity contribution in [3.8, 4) is 0 Å². The molecule has 1 aromatic heterocycles. The van der Waals surface area contributed by atoms with Gasteiger partial charge in [0.25, 0.3) is 0 Å². The van der Waals surface area contributed by atoms with Gasteiger partial charge in [-0.25, -0.2) is 0 Å². The summed E-state index contributed by atoms with van der Waals surface area (Å²) in [6, 6.07) is 10.2. The van der Waals surface area contributed by atoms with E-state index in [1.54, 1.807) is 12.5 Å². The molecular formula is C30H44N4O. The predicted octanol–water partition coefficient (Wildman–Crippen LogP) is 5.79. The Balaban J connectivity index is 1.38. The van der Waals surface area contributed by atoms with Gasteiger partial charge < -0.3 is 14.8 Å². The fourth-order valence-electron chi connectivity index (χ4n) is 6.87. The van der Waals surface area contributed by atoms with Gasteiger partial charge in [-0.3, -0.25) is 9.69 Å². The normalized spacial score (nSPS) is 22.7. The van der Waals surface area contributed by atoms with E-state index in [1.165, 1.54) is 105 Å². The maximum atomic E-state index is 11.9. The number of rotatable bonds is 6. The summed E-state index contributed by atoms with van der Waals surface area (Å²) in [5.41, 5.74) is 7.35. The number of piperidine rings is 1. The number of likely N-dealkylation sites (tertiary alicyclic amines) is 2. The summed E-state index contributed by atoms with van der Waals surface area (Å²) in [5, 5.41) is 4.53. The van der Waals surface area contributed by atoms with Crippen LogP contribution in [-0.2, 0) is 17.9 Å². The van der Waals surface area contributed by atoms with E-state index in [-0.39, 0.29) is 5.91 Å². The van der Waals surface area contributed by atoms with Crippen LogP contribution in [0.3, 0.4) is 0 Å². The largest absolute Gasteiger partial charge is 0.351 e. The predicted molar refractivity (Wildman–Crippen MR) is 144 cm³/mol. The number of amides is 1. The third-order valence-electron chi connectivity index (χ3n) is 8.86. The molecule has 3 heterocycles. The number of para-hydroxylation sites is 1. The van der Waals surface area contributed by atoms with E-state index in [0.29, 0.717) is 12.6 Å². The number of fused-ring (bicyclic) bond motifs is 1. The van der Waals surface area contributed by atoms with Gasteiger partial charge in [0.1, 0.15) is 0 Å². The number of hydrogen-bond acceptors (Lipinski definition) is 3. The van der Waals surface area contributed by atoms with E-state index < -0.39 is 0 Å². The molecule has 0 bridgehead atoms. The lowest BCUT2D eigenvalue weighted by atomic mass is 9.86. The molecule has 35 heavy (non-hydrogen) atoms. The third kappa shape index (κ3) is 5.36. The molecule has 1 saturated carbocycles. The molecule has 5 rings (SSSR count). The molecule has 1 amide bonds. The first-order valence-electron chi connectivity index (χ1n) is 14.0. The zero-order valence-corrected chi connectivity index (χ0v) is 22.1. The number of nitrogens with zero attached hydrogens (tertiary/aromatic N) is 3. The van der Waals surface area contributed by atoms with E-state index in [9.17, 15) is 4.79 Å². The molecule has 5 heteroatoms. The number of benzene rings is 1. The van der Waals surface area contributed by atoms with Crippen molar-refractivity contribution in [2.75, 3.05) is 26.2 Å². The summed E-state index contributed by atoms with van der Waals surface area (Å²) in [5.74, 6) is 0.0526. The first-order valence-corrected chi connectivity index (χ1v) is 14.0. The molecule has 3 fully saturated rings. The van der Waals surface area contributed by atoms with Crippen LogP contribution in [0.2, 0.25) is 0 Å². The maximum absolute atomic E-state index is 11.9. The van der Waals surface area contributed by atoms with Gasteiger partial charge in [-0.1, -0.05) is 29.3 Å². The Morgan fingerprint density at radius 1 is 0.914 bits per heavy atom. The van der Waals surface area contributed by atoms with Gasteiger partial charge in [0.05, 0.1) is 6.54 Å². The van der Waals surface area contributed by atoms with Crippen molar-refractivity contribution < 1.29 is 4.79 Å². The van der Waals surface area contributed by atoms with E-state index >= 15 is 0 Å². The molecule has 5 nitrogen and oxygen atoms in total. The Hall–Kier alpha value is -2.11. The summed E-state index contributed by atoms with van der Waals surface area (Å²) in [4.78, 5) is 17.3. The second-order valence-electron chi connectivity index (χ2n) is 11.3. The lowest BCUT2D eigenvalue weighted by Gasteiger charge is -2.41. The highest BCUT2D eigenvalue weighted by molar-refractivity contribution is 5.86. The van der Waals surface area contributed by atoms with Crippen LogP contribution in [0.4, 0.5) is 0 Å². The zero-order valence-electron chi connectivity index (χ0n) is 22.1. The SMILES string of the molecule is CC(=O)NCc1c(CN2CCCC2)c2ccccc2n1C1CCN(C2CCC(=C(C)C)CC2)CC1. The molecule has 0 unspecified atom stereocenters. The Morgan fingerprint density at radius 2 is 1.60 bits per heavy atom. The Bertz CT molecular complexity index is 1060.